The fourth-order valence-electron chi connectivity index (χ4n) is 2.61. The molecule has 2 aromatic rings. The van der Waals surface area contributed by atoms with Crippen LogP contribution in [0, 0.1) is 0 Å². The fraction of sp³-hybridized carbons (Fsp3) is 0.353. The Balaban J connectivity index is 1.59. The second-order valence-corrected chi connectivity index (χ2v) is 6.33. The fourth-order valence-corrected chi connectivity index (χ4v) is 3.28. The Labute approximate surface area is 148 Å². The number of ether oxygens (including phenoxy) is 2. The Hall–Kier alpha value is -2.19. The van der Waals surface area contributed by atoms with Gasteiger partial charge < -0.3 is 19.7 Å². The molecule has 1 saturated heterocycles. The zero-order chi connectivity index (χ0) is 17.6. The Kier molecular flexibility index (Phi) is 5.83. The summed E-state index contributed by atoms with van der Waals surface area (Å²) in [6, 6.07) is 8.18. The molecule has 5 nitrogen and oxygen atoms in total. The van der Waals surface area contributed by atoms with Crippen molar-refractivity contribution in [1.29, 1.82) is 0 Å². The number of carbonyl (C=O) groups excluding carboxylic acids is 1. The number of alkyl halides is 2. The van der Waals surface area contributed by atoms with E-state index in [2.05, 4.69) is 10.1 Å². The maximum atomic E-state index is 12.3. The normalized spacial score (nSPS) is 17.6. The van der Waals surface area contributed by atoms with E-state index in [1.807, 2.05) is 16.8 Å². The zero-order valence-electron chi connectivity index (χ0n) is 13.4. The number of amides is 2. The van der Waals surface area contributed by atoms with Gasteiger partial charge >= 0.3 is 12.6 Å². The first-order valence-corrected chi connectivity index (χ1v) is 8.76. The van der Waals surface area contributed by atoms with Gasteiger partial charge in [-0.25, -0.2) is 4.79 Å². The second kappa shape index (κ2) is 8.26. The molecule has 0 saturated carbocycles. The molecule has 2 heterocycles. The van der Waals surface area contributed by atoms with Gasteiger partial charge in [-0.15, -0.1) is 0 Å². The van der Waals surface area contributed by atoms with Crippen molar-refractivity contribution in [3.8, 4) is 5.75 Å². The van der Waals surface area contributed by atoms with Crippen LogP contribution in [0.5, 0.6) is 5.75 Å². The molecular formula is C17H18F2N2O3S. The summed E-state index contributed by atoms with van der Waals surface area (Å²) in [5, 5.41) is 6.82. The minimum atomic E-state index is -2.87. The molecule has 1 aromatic heterocycles. The number of morpholine rings is 1. The molecule has 1 aliphatic heterocycles. The van der Waals surface area contributed by atoms with Gasteiger partial charge in [0.05, 0.1) is 13.2 Å². The SMILES string of the molecule is O=C(NCc1ccsc1)N1CCO[C@H](c2cccc(OC(F)F)c2)C1. The first kappa shape index (κ1) is 17.6. The number of hydrogen-bond acceptors (Lipinski definition) is 4. The van der Waals surface area contributed by atoms with E-state index in [0.29, 0.717) is 31.8 Å². The highest BCUT2D eigenvalue weighted by molar-refractivity contribution is 7.07. The van der Waals surface area contributed by atoms with Crippen molar-refractivity contribution in [3.05, 3.63) is 52.2 Å². The second-order valence-electron chi connectivity index (χ2n) is 5.55. The number of thiophene rings is 1. The third-order valence-electron chi connectivity index (χ3n) is 3.83. The van der Waals surface area contributed by atoms with Crippen LogP contribution in [-0.4, -0.2) is 37.2 Å². The molecule has 0 spiro atoms. The van der Waals surface area contributed by atoms with E-state index in [0.717, 1.165) is 5.56 Å². The monoisotopic (exact) mass is 368 g/mol. The Morgan fingerprint density at radius 1 is 1.44 bits per heavy atom. The van der Waals surface area contributed by atoms with Crippen LogP contribution in [0.3, 0.4) is 0 Å². The molecule has 2 amide bonds. The van der Waals surface area contributed by atoms with Crippen molar-refractivity contribution in [2.45, 2.75) is 19.3 Å². The molecular weight excluding hydrogens is 350 g/mol. The third-order valence-corrected chi connectivity index (χ3v) is 4.56. The average Bonchev–Trinajstić information content (AvgIpc) is 3.13. The summed E-state index contributed by atoms with van der Waals surface area (Å²) in [5.41, 5.74) is 1.76. The summed E-state index contributed by atoms with van der Waals surface area (Å²) in [5.74, 6) is 0.0788. The smallest absolute Gasteiger partial charge is 0.387 e. The summed E-state index contributed by atoms with van der Waals surface area (Å²) in [6.45, 7) is -1.17. The quantitative estimate of drug-likeness (QED) is 0.877. The van der Waals surface area contributed by atoms with Gasteiger partial charge in [0.15, 0.2) is 0 Å². The first-order chi connectivity index (χ1) is 12.1. The van der Waals surface area contributed by atoms with E-state index < -0.39 is 6.61 Å². The van der Waals surface area contributed by atoms with Crippen molar-refractivity contribution in [3.63, 3.8) is 0 Å². The van der Waals surface area contributed by atoms with Gasteiger partial charge in [-0.1, -0.05) is 12.1 Å². The predicted octanol–water partition coefficient (Wildman–Crippen LogP) is 3.63. The van der Waals surface area contributed by atoms with Crippen LogP contribution in [0.25, 0.3) is 0 Å². The maximum absolute atomic E-state index is 12.3. The van der Waals surface area contributed by atoms with Gasteiger partial charge in [-0.05, 0) is 40.1 Å². The summed E-state index contributed by atoms with van der Waals surface area (Å²) in [4.78, 5) is 14.0. The number of nitrogens with one attached hydrogen (secondary N) is 1. The molecule has 1 aromatic carbocycles. The van der Waals surface area contributed by atoms with E-state index in [4.69, 9.17) is 4.74 Å². The lowest BCUT2D eigenvalue weighted by Gasteiger charge is -2.33. The Morgan fingerprint density at radius 3 is 3.08 bits per heavy atom. The number of nitrogens with zero attached hydrogens (tertiary/aromatic N) is 1. The average molecular weight is 368 g/mol. The number of carbonyl (C=O) groups is 1. The largest absolute Gasteiger partial charge is 0.435 e. The van der Waals surface area contributed by atoms with Crippen molar-refractivity contribution in [2.75, 3.05) is 19.7 Å². The summed E-state index contributed by atoms with van der Waals surface area (Å²) >= 11 is 1.58. The van der Waals surface area contributed by atoms with Gasteiger partial charge in [0, 0.05) is 13.1 Å². The number of hydrogen-bond donors (Lipinski definition) is 1. The van der Waals surface area contributed by atoms with Crippen LogP contribution in [0.1, 0.15) is 17.2 Å². The number of halogens is 2. The van der Waals surface area contributed by atoms with E-state index >= 15 is 0 Å². The highest BCUT2D eigenvalue weighted by atomic mass is 32.1. The van der Waals surface area contributed by atoms with E-state index in [1.54, 1.807) is 28.4 Å². The van der Waals surface area contributed by atoms with Crippen LogP contribution in [0.15, 0.2) is 41.1 Å². The lowest BCUT2D eigenvalue weighted by Crippen LogP contribution is -2.46. The molecule has 0 radical (unpaired) electrons. The minimum Gasteiger partial charge on any atom is -0.435 e. The number of rotatable bonds is 5. The van der Waals surface area contributed by atoms with Gasteiger partial charge in [-0.3, -0.25) is 0 Å². The lowest BCUT2D eigenvalue weighted by atomic mass is 10.1. The van der Waals surface area contributed by atoms with Crippen LogP contribution in [-0.2, 0) is 11.3 Å². The standard InChI is InChI=1S/C17H18F2N2O3S/c18-16(19)24-14-3-1-2-13(8-14)15-10-21(5-6-23-15)17(22)20-9-12-4-7-25-11-12/h1-4,7-8,11,15-16H,5-6,9-10H2,(H,20,22)/t15-/m0/s1. The zero-order valence-corrected chi connectivity index (χ0v) is 14.2. The molecule has 25 heavy (non-hydrogen) atoms. The van der Waals surface area contributed by atoms with E-state index in [1.165, 1.54) is 12.1 Å². The molecule has 0 unspecified atom stereocenters. The highest BCUT2D eigenvalue weighted by Crippen LogP contribution is 2.26. The van der Waals surface area contributed by atoms with Crippen LogP contribution in [0.2, 0.25) is 0 Å². The van der Waals surface area contributed by atoms with Crippen LogP contribution < -0.4 is 10.1 Å². The Bertz CT molecular complexity index is 697. The lowest BCUT2D eigenvalue weighted by molar-refractivity contribution is -0.0503. The van der Waals surface area contributed by atoms with Crippen LogP contribution in [0.4, 0.5) is 13.6 Å². The first-order valence-electron chi connectivity index (χ1n) is 7.82. The molecule has 8 heteroatoms. The van der Waals surface area contributed by atoms with Gasteiger partial charge in [0.25, 0.3) is 0 Å². The molecule has 1 atom stereocenters. The van der Waals surface area contributed by atoms with Crippen LogP contribution >= 0.6 is 11.3 Å². The summed E-state index contributed by atoms with van der Waals surface area (Å²) in [7, 11) is 0. The van der Waals surface area contributed by atoms with E-state index in [-0.39, 0.29) is 17.9 Å². The maximum Gasteiger partial charge on any atom is 0.387 e. The Morgan fingerprint density at radius 2 is 2.32 bits per heavy atom. The topological polar surface area (TPSA) is 50.8 Å². The molecule has 1 aliphatic rings. The van der Waals surface area contributed by atoms with Gasteiger partial charge in [-0.2, -0.15) is 20.1 Å². The molecule has 1 fully saturated rings. The molecule has 134 valence electrons. The molecule has 0 bridgehead atoms. The van der Waals surface area contributed by atoms with Crippen molar-refractivity contribution in [2.24, 2.45) is 0 Å². The highest BCUT2D eigenvalue weighted by Gasteiger charge is 2.25. The molecule has 0 aliphatic carbocycles. The third kappa shape index (κ3) is 4.90. The number of urea groups is 1. The van der Waals surface area contributed by atoms with E-state index in [9.17, 15) is 13.6 Å². The van der Waals surface area contributed by atoms with Gasteiger partial charge in [0.1, 0.15) is 11.9 Å². The van der Waals surface area contributed by atoms with Gasteiger partial charge in [0.2, 0.25) is 0 Å². The van der Waals surface area contributed by atoms with Crippen molar-refractivity contribution in [1.82, 2.24) is 10.2 Å². The number of benzene rings is 1. The van der Waals surface area contributed by atoms with Crippen molar-refractivity contribution >= 4 is 17.4 Å². The molecule has 3 rings (SSSR count). The molecule has 1 N–H and O–H groups in total. The summed E-state index contributed by atoms with van der Waals surface area (Å²) < 4.78 is 34.8. The predicted molar refractivity (Wildman–Crippen MR) is 89.9 cm³/mol. The minimum absolute atomic E-state index is 0.0788. The summed E-state index contributed by atoms with van der Waals surface area (Å²) in [6.07, 6.45) is -0.373. The van der Waals surface area contributed by atoms with Crippen molar-refractivity contribution < 1.29 is 23.0 Å².